The van der Waals surface area contributed by atoms with Crippen molar-refractivity contribution in [2.24, 2.45) is 0 Å². The maximum atomic E-state index is 10.8. The van der Waals surface area contributed by atoms with Gasteiger partial charge in [0.05, 0.1) is 6.10 Å². The Bertz CT molecular complexity index is 384. The lowest BCUT2D eigenvalue weighted by Crippen LogP contribution is -2.22. The van der Waals surface area contributed by atoms with Crippen LogP contribution in [0.1, 0.15) is 24.2 Å². The second-order valence-corrected chi connectivity index (χ2v) is 5.11. The summed E-state index contributed by atoms with van der Waals surface area (Å²) in [4.78, 5) is 10.8. The Morgan fingerprint density at radius 1 is 1.41 bits per heavy atom. The molecule has 0 aliphatic heterocycles. The van der Waals surface area contributed by atoms with Crippen LogP contribution in [0.3, 0.4) is 0 Å². The third-order valence-electron chi connectivity index (χ3n) is 2.34. The van der Waals surface area contributed by atoms with Gasteiger partial charge in [-0.2, -0.15) is 0 Å². The van der Waals surface area contributed by atoms with Crippen molar-refractivity contribution in [3.8, 4) is 0 Å². The molecule has 94 valence electrons. The van der Waals surface area contributed by atoms with Crippen LogP contribution in [-0.2, 0) is 10.7 Å². The van der Waals surface area contributed by atoms with Gasteiger partial charge in [0, 0.05) is 18.6 Å². The van der Waals surface area contributed by atoms with E-state index in [9.17, 15) is 15.0 Å². The normalized spacial score (nSPS) is 14.4. The monoisotopic (exact) mass is 274 g/mol. The van der Waals surface area contributed by atoms with Crippen molar-refractivity contribution in [2.75, 3.05) is 5.75 Å². The van der Waals surface area contributed by atoms with Crippen LogP contribution in [0.2, 0.25) is 0 Å². The highest BCUT2D eigenvalue weighted by Crippen LogP contribution is 2.24. The molecule has 0 aliphatic carbocycles. The summed E-state index contributed by atoms with van der Waals surface area (Å²) in [6, 6.07) is 7.13. The first-order chi connectivity index (χ1) is 8.06. The Kier molecular flexibility index (Phi) is 5.98. The zero-order valence-corrected chi connectivity index (χ0v) is 11.0. The van der Waals surface area contributed by atoms with E-state index in [-0.39, 0.29) is 16.7 Å². The zero-order chi connectivity index (χ0) is 12.8. The zero-order valence-electron chi connectivity index (χ0n) is 9.47. The average molecular weight is 275 g/mol. The largest absolute Gasteiger partial charge is 0.389 e. The first-order valence-corrected chi connectivity index (χ1v) is 6.71. The summed E-state index contributed by atoms with van der Waals surface area (Å²) in [5.41, 5.74) is 1.40. The third-order valence-corrected chi connectivity index (χ3v) is 3.54. The molecule has 0 spiro atoms. The van der Waals surface area contributed by atoms with Crippen LogP contribution in [0, 0.1) is 0 Å². The maximum Gasteiger partial charge on any atom is 0.185 e. The van der Waals surface area contributed by atoms with Crippen molar-refractivity contribution in [1.82, 2.24) is 0 Å². The number of alkyl halides is 1. The molecular weight excluding hydrogens is 260 g/mol. The van der Waals surface area contributed by atoms with E-state index < -0.39 is 12.2 Å². The van der Waals surface area contributed by atoms with E-state index in [1.54, 1.807) is 18.2 Å². The summed E-state index contributed by atoms with van der Waals surface area (Å²) in [5.74, 6) is 0.451. The smallest absolute Gasteiger partial charge is 0.185 e. The standard InChI is InChI=1S/C12H15ClO3S/c1-8(14)17-7-11(15)12(16)10-5-3-2-4-9(10)6-13/h2-5,11-12,15-16H,6-7H2,1H3. The van der Waals surface area contributed by atoms with Gasteiger partial charge < -0.3 is 10.2 Å². The van der Waals surface area contributed by atoms with Crippen LogP contribution < -0.4 is 0 Å². The number of aliphatic hydroxyl groups excluding tert-OH is 2. The molecule has 2 unspecified atom stereocenters. The molecule has 2 atom stereocenters. The van der Waals surface area contributed by atoms with Gasteiger partial charge in [-0.1, -0.05) is 36.0 Å². The van der Waals surface area contributed by atoms with Crippen LogP contribution in [0.25, 0.3) is 0 Å². The fourth-order valence-corrected chi connectivity index (χ4v) is 2.28. The molecule has 2 N–H and O–H groups in total. The van der Waals surface area contributed by atoms with Gasteiger partial charge in [0.2, 0.25) is 0 Å². The van der Waals surface area contributed by atoms with Gasteiger partial charge in [-0.15, -0.1) is 11.6 Å². The minimum absolute atomic E-state index is 0.0816. The molecule has 0 aromatic heterocycles. The second kappa shape index (κ2) is 7.01. The van der Waals surface area contributed by atoms with Crippen LogP contribution in [0.5, 0.6) is 0 Å². The van der Waals surface area contributed by atoms with E-state index in [0.29, 0.717) is 5.56 Å². The molecule has 17 heavy (non-hydrogen) atoms. The Balaban J connectivity index is 2.73. The van der Waals surface area contributed by atoms with E-state index in [0.717, 1.165) is 17.3 Å². The molecule has 0 saturated carbocycles. The summed E-state index contributed by atoms with van der Waals surface area (Å²) < 4.78 is 0. The van der Waals surface area contributed by atoms with Gasteiger partial charge >= 0.3 is 0 Å². The molecule has 5 heteroatoms. The molecule has 3 nitrogen and oxygen atoms in total. The number of carbonyl (C=O) groups excluding carboxylic acids is 1. The SMILES string of the molecule is CC(=O)SCC(O)C(O)c1ccccc1CCl. The van der Waals surface area contributed by atoms with Crippen molar-refractivity contribution in [1.29, 1.82) is 0 Å². The summed E-state index contributed by atoms with van der Waals surface area (Å²) in [7, 11) is 0. The average Bonchev–Trinajstić information content (AvgIpc) is 2.34. The quantitative estimate of drug-likeness (QED) is 0.808. The number of benzene rings is 1. The topological polar surface area (TPSA) is 57.5 Å². The summed E-state index contributed by atoms with van der Waals surface area (Å²) in [6.07, 6.45) is -2.00. The van der Waals surface area contributed by atoms with E-state index >= 15 is 0 Å². The molecule has 0 aliphatic rings. The molecule has 1 aromatic carbocycles. The highest BCUT2D eigenvalue weighted by Gasteiger charge is 2.21. The summed E-state index contributed by atoms with van der Waals surface area (Å²) >= 11 is 6.75. The number of thioether (sulfide) groups is 1. The predicted octanol–water partition coefficient (Wildman–Crippen LogP) is 2.10. The summed E-state index contributed by atoms with van der Waals surface area (Å²) in [5, 5.41) is 19.7. The van der Waals surface area contributed by atoms with Crippen molar-refractivity contribution in [3.05, 3.63) is 35.4 Å². The lowest BCUT2D eigenvalue weighted by atomic mass is 10.0. The van der Waals surface area contributed by atoms with Crippen molar-refractivity contribution in [3.63, 3.8) is 0 Å². The first-order valence-electron chi connectivity index (χ1n) is 5.19. The predicted molar refractivity (Wildman–Crippen MR) is 70.1 cm³/mol. The third kappa shape index (κ3) is 4.32. The number of hydrogen-bond donors (Lipinski definition) is 2. The second-order valence-electron chi connectivity index (χ2n) is 3.65. The van der Waals surface area contributed by atoms with Gasteiger partial charge in [0.15, 0.2) is 5.12 Å². The minimum Gasteiger partial charge on any atom is -0.389 e. The van der Waals surface area contributed by atoms with Gasteiger partial charge in [-0.3, -0.25) is 4.79 Å². The molecule has 1 rings (SSSR count). The number of hydrogen-bond acceptors (Lipinski definition) is 4. The molecule has 1 aromatic rings. The highest BCUT2D eigenvalue weighted by atomic mass is 35.5. The van der Waals surface area contributed by atoms with E-state index in [1.165, 1.54) is 6.92 Å². The molecule has 0 fully saturated rings. The number of halogens is 1. The Hall–Kier alpha value is -0.550. The van der Waals surface area contributed by atoms with Crippen molar-refractivity contribution < 1.29 is 15.0 Å². The van der Waals surface area contributed by atoms with Gasteiger partial charge in [-0.25, -0.2) is 0 Å². The van der Waals surface area contributed by atoms with Crippen molar-refractivity contribution in [2.45, 2.75) is 25.0 Å². The maximum absolute atomic E-state index is 10.8. The Morgan fingerprint density at radius 3 is 2.65 bits per heavy atom. The van der Waals surface area contributed by atoms with Crippen molar-refractivity contribution >= 4 is 28.5 Å². The molecule has 0 amide bonds. The first kappa shape index (κ1) is 14.5. The van der Waals surface area contributed by atoms with Crippen LogP contribution >= 0.6 is 23.4 Å². The molecule has 0 radical (unpaired) electrons. The lowest BCUT2D eigenvalue weighted by Gasteiger charge is -2.19. The molecule has 0 heterocycles. The fourth-order valence-electron chi connectivity index (χ4n) is 1.45. The van der Waals surface area contributed by atoms with Crippen LogP contribution in [0.4, 0.5) is 0 Å². The van der Waals surface area contributed by atoms with Gasteiger partial charge in [0.25, 0.3) is 0 Å². The number of carbonyl (C=O) groups is 1. The van der Waals surface area contributed by atoms with E-state index in [2.05, 4.69) is 0 Å². The van der Waals surface area contributed by atoms with E-state index in [1.807, 2.05) is 6.07 Å². The summed E-state index contributed by atoms with van der Waals surface area (Å²) in [6.45, 7) is 1.43. The minimum atomic E-state index is -1.02. The molecular formula is C12H15ClO3S. The van der Waals surface area contributed by atoms with Crippen LogP contribution in [0.15, 0.2) is 24.3 Å². The van der Waals surface area contributed by atoms with Crippen LogP contribution in [-0.4, -0.2) is 27.2 Å². The fraction of sp³-hybridized carbons (Fsp3) is 0.417. The van der Waals surface area contributed by atoms with E-state index in [4.69, 9.17) is 11.6 Å². The molecule has 0 saturated heterocycles. The number of aliphatic hydroxyl groups is 2. The van der Waals surface area contributed by atoms with Gasteiger partial charge in [-0.05, 0) is 11.1 Å². The van der Waals surface area contributed by atoms with Gasteiger partial charge in [0.1, 0.15) is 6.10 Å². The Labute approximate surface area is 110 Å². The highest BCUT2D eigenvalue weighted by molar-refractivity contribution is 8.13. The lowest BCUT2D eigenvalue weighted by molar-refractivity contribution is -0.109. The molecule has 0 bridgehead atoms. The Morgan fingerprint density at radius 2 is 2.06 bits per heavy atom. The number of rotatable bonds is 5.